The molecule has 1 amide bonds. The summed E-state index contributed by atoms with van der Waals surface area (Å²) in [6.45, 7) is 2.67. The first-order valence-corrected chi connectivity index (χ1v) is 12.0. The third-order valence-corrected chi connectivity index (χ3v) is 6.36. The number of fused-ring (bicyclic) bond motifs is 1. The first-order chi connectivity index (χ1) is 16.9. The molecule has 3 heterocycles. The topological polar surface area (TPSA) is 146 Å². The van der Waals surface area contributed by atoms with E-state index in [0.717, 1.165) is 0 Å². The van der Waals surface area contributed by atoms with Crippen molar-refractivity contribution in [3.05, 3.63) is 72.2 Å². The molecule has 11 nitrogen and oxygen atoms in total. The Hall–Kier alpha value is -4.45. The molecule has 0 aliphatic carbocycles. The van der Waals surface area contributed by atoms with Crippen molar-refractivity contribution in [2.75, 3.05) is 23.3 Å². The normalized spacial score (nSPS) is 12.7. The Morgan fingerprint density at radius 1 is 0.971 bits per heavy atom. The third kappa shape index (κ3) is 4.92. The third-order valence-electron chi connectivity index (χ3n) is 5.01. The molecule has 0 spiro atoms. The number of nitrogens with zero attached hydrogens (tertiary/aromatic N) is 3. The Kier molecular flexibility index (Phi) is 5.79. The van der Waals surface area contributed by atoms with Gasteiger partial charge in [-0.3, -0.25) is 4.79 Å². The van der Waals surface area contributed by atoms with Crippen LogP contribution < -0.4 is 19.5 Å². The molecule has 2 N–H and O–H groups in total. The lowest BCUT2D eigenvalue weighted by Crippen LogP contribution is -2.16. The average Bonchev–Trinajstić information content (AvgIpc) is 3.34. The van der Waals surface area contributed by atoms with Crippen molar-refractivity contribution in [1.82, 2.24) is 15.1 Å². The SMILES string of the molecule is Cc1ccnc(NS(=O)(=O)c2ccc(NC(=O)c3cc(-c4ccc5c(c4)OCCO5)on3)cc2)n1. The largest absolute Gasteiger partial charge is 0.486 e. The zero-order valence-electron chi connectivity index (χ0n) is 18.4. The molecule has 0 unspecified atom stereocenters. The number of aromatic nitrogens is 3. The summed E-state index contributed by atoms with van der Waals surface area (Å²) in [4.78, 5) is 20.5. The number of benzene rings is 2. The fraction of sp³-hybridized carbons (Fsp3) is 0.130. The molecule has 0 fully saturated rings. The smallest absolute Gasteiger partial charge is 0.277 e. The van der Waals surface area contributed by atoms with Crippen molar-refractivity contribution in [1.29, 1.82) is 0 Å². The lowest BCUT2D eigenvalue weighted by molar-refractivity contribution is 0.101. The number of hydrogen-bond acceptors (Lipinski definition) is 9. The van der Waals surface area contributed by atoms with Crippen LogP contribution in [0.25, 0.3) is 11.3 Å². The van der Waals surface area contributed by atoms with Crippen LogP contribution in [0.1, 0.15) is 16.2 Å². The summed E-state index contributed by atoms with van der Waals surface area (Å²) in [5.74, 6) is 1.08. The first kappa shape index (κ1) is 22.3. The van der Waals surface area contributed by atoms with Crippen LogP contribution in [0.3, 0.4) is 0 Å². The van der Waals surface area contributed by atoms with Gasteiger partial charge in [-0.05, 0) is 55.5 Å². The van der Waals surface area contributed by atoms with E-state index in [2.05, 4.69) is 25.2 Å². The summed E-state index contributed by atoms with van der Waals surface area (Å²) in [5.41, 5.74) is 1.75. The first-order valence-electron chi connectivity index (χ1n) is 10.5. The van der Waals surface area contributed by atoms with E-state index < -0.39 is 15.9 Å². The molecular formula is C23H19N5O6S. The molecule has 12 heteroatoms. The van der Waals surface area contributed by atoms with Crippen LogP contribution in [0.2, 0.25) is 0 Å². The maximum Gasteiger partial charge on any atom is 0.277 e. The second-order valence-corrected chi connectivity index (χ2v) is 9.22. The molecule has 0 atom stereocenters. The summed E-state index contributed by atoms with van der Waals surface area (Å²) in [7, 11) is -3.90. The Bertz CT molecular complexity index is 1500. The highest BCUT2D eigenvalue weighted by molar-refractivity contribution is 7.92. The van der Waals surface area contributed by atoms with Crippen molar-refractivity contribution in [3.8, 4) is 22.8 Å². The number of carbonyl (C=O) groups excluding carboxylic acids is 1. The lowest BCUT2D eigenvalue weighted by atomic mass is 10.1. The standard InChI is InChI=1S/C23H19N5O6S/c1-14-8-9-24-23(25-14)28-35(30,31)17-5-3-16(4-6-17)26-22(29)18-13-20(34-27-18)15-2-7-19-21(12-15)33-11-10-32-19/h2-9,12-13H,10-11H2,1H3,(H,26,29)(H,24,25,28). The maximum atomic E-state index is 12.6. The fourth-order valence-corrected chi connectivity index (χ4v) is 4.26. The number of nitrogens with one attached hydrogen (secondary N) is 2. The number of sulfonamides is 1. The maximum absolute atomic E-state index is 12.6. The molecule has 178 valence electrons. The second-order valence-electron chi connectivity index (χ2n) is 7.54. The minimum atomic E-state index is -3.90. The predicted octanol–water partition coefficient (Wildman–Crippen LogP) is 3.26. The van der Waals surface area contributed by atoms with Gasteiger partial charge in [0.15, 0.2) is 23.0 Å². The lowest BCUT2D eigenvalue weighted by Gasteiger charge is -2.18. The number of carbonyl (C=O) groups is 1. The van der Waals surface area contributed by atoms with Gasteiger partial charge in [-0.25, -0.2) is 23.1 Å². The molecule has 0 bridgehead atoms. The van der Waals surface area contributed by atoms with Crippen LogP contribution in [0.15, 0.2) is 70.2 Å². The Labute approximate surface area is 200 Å². The molecule has 35 heavy (non-hydrogen) atoms. The van der Waals surface area contributed by atoms with Gasteiger partial charge in [0.1, 0.15) is 13.2 Å². The highest BCUT2D eigenvalue weighted by Gasteiger charge is 2.19. The van der Waals surface area contributed by atoms with Crippen molar-refractivity contribution in [2.24, 2.45) is 0 Å². The minimum absolute atomic E-state index is 0.0112. The van der Waals surface area contributed by atoms with Crippen molar-refractivity contribution in [3.63, 3.8) is 0 Å². The van der Waals surface area contributed by atoms with Crippen LogP contribution in [0.5, 0.6) is 11.5 Å². The van der Waals surface area contributed by atoms with E-state index >= 15 is 0 Å². The second kappa shape index (κ2) is 9.06. The van der Waals surface area contributed by atoms with Crippen LogP contribution in [0.4, 0.5) is 11.6 Å². The van der Waals surface area contributed by atoms with Crippen LogP contribution in [-0.2, 0) is 10.0 Å². The highest BCUT2D eigenvalue weighted by Crippen LogP contribution is 2.34. The monoisotopic (exact) mass is 493 g/mol. The minimum Gasteiger partial charge on any atom is -0.486 e. The van der Waals surface area contributed by atoms with Gasteiger partial charge >= 0.3 is 0 Å². The Morgan fingerprint density at radius 3 is 2.51 bits per heavy atom. The molecule has 0 radical (unpaired) electrons. The number of anilines is 2. The molecule has 0 saturated carbocycles. The van der Waals surface area contributed by atoms with Gasteiger partial charge in [-0.2, -0.15) is 0 Å². The summed E-state index contributed by atoms with van der Waals surface area (Å²) in [5, 5.41) is 6.50. The van der Waals surface area contributed by atoms with E-state index in [9.17, 15) is 13.2 Å². The van der Waals surface area contributed by atoms with E-state index in [1.54, 1.807) is 31.2 Å². The predicted molar refractivity (Wildman–Crippen MR) is 125 cm³/mol. The molecule has 2 aromatic heterocycles. The van der Waals surface area contributed by atoms with Gasteiger partial charge < -0.3 is 19.3 Å². The molecular weight excluding hydrogens is 474 g/mol. The Morgan fingerprint density at radius 2 is 1.74 bits per heavy atom. The van der Waals surface area contributed by atoms with Crippen LogP contribution in [-0.4, -0.2) is 42.7 Å². The summed E-state index contributed by atoms with van der Waals surface area (Å²) < 4.78 is 43.9. The molecule has 1 aliphatic rings. The molecule has 1 aliphatic heterocycles. The zero-order valence-corrected chi connectivity index (χ0v) is 19.2. The summed E-state index contributed by atoms with van der Waals surface area (Å²) in [6, 6.07) is 14.1. The number of rotatable bonds is 6. The van der Waals surface area contributed by atoms with Gasteiger partial charge in [-0.1, -0.05) is 5.16 Å². The fourth-order valence-electron chi connectivity index (χ4n) is 3.30. The molecule has 2 aromatic carbocycles. The molecule has 4 aromatic rings. The number of aryl methyl sites for hydroxylation is 1. The summed E-state index contributed by atoms with van der Waals surface area (Å²) >= 11 is 0. The number of amides is 1. The molecule has 0 saturated heterocycles. The zero-order chi connectivity index (χ0) is 24.4. The van der Waals surface area contributed by atoms with Gasteiger partial charge in [0.05, 0.1) is 4.90 Å². The Balaban J connectivity index is 1.26. The molecule has 5 rings (SSSR count). The highest BCUT2D eigenvalue weighted by atomic mass is 32.2. The van der Waals surface area contributed by atoms with E-state index in [0.29, 0.717) is 47.4 Å². The van der Waals surface area contributed by atoms with Crippen molar-refractivity contribution < 1.29 is 27.2 Å². The number of ether oxygens (including phenoxy) is 2. The van der Waals surface area contributed by atoms with E-state index in [4.69, 9.17) is 14.0 Å². The van der Waals surface area contributed by atoms with Crippen LogP contribution in [0, 0.1) is 6.92 Å². The van der Waals surface area contributed by atoms with Gasteiger partial charge in [0, 0.05) is 29.2 Å². The van der Waals surface area contributed by atoms with Gasteiger partial charge in [0.2, 0.25) is 5.95 Å². The van der Waals surface area contributed by atoms with Gasteiger partial charge in [0.25, 0.3) is 15.9 Å². The summed E-state index contributed by atoms with van der Waals surface area (Å²) in [6.07, 6.45) is 1.46. The van der Waals surface area contributed by atoms with Crippen molar-refractivity contribution in [2.45, 2.75) is 11.8 Å². The van der Waals surface area contributed by atoms with E-state index in [-0.39, 0.29) is 16.5 Å². The van der Waals surface area contributed by atoms with E-state index in [1.807, 2.05) is 0 Å². The average molecular weight is 494 g/mol. The van der Waals surface area contributed by atoms with Crippen molar-refractivity contribution >= 4 is 27.6 Å². The van der Waals surface area contributed by atoms with Crippen LogP contribution >= 0.6 is 0 Å². The quantitative estimate of drug-likeness (QED) is 0.413. The van der Waals surface area contributed by atoms with Gasteiger partial charge in [-0.15, -0.1) is 0 Å². The van der Waals surface area contributed by atoms with E-state index in [1.165, 1.54) is 36.5 Å². The number of hydrogen-bond donors (Lipinski definition) is 2.